The minimum atomic E-state index is 0.164. The van der Waals surface area contributed by atoms with Crippen molar-refractivity contribution in [3.8, 4) is 11.5 Å². The van der Waals surface area contributed by atoms with Crippen molar-refractivity contribution in [3.05, 3.63) is 35.0 Å². The molecule has 4 nitrogen and oxygen atoms in total. The zero-order valence-corrected chi connectivity index (χ0v) is 10.6. The highest BCUT2D eigenvalue weighted by Gasteiger charge is 2.34. The zero-order chi connectivity index (χ0) is 12.8. The predicted molar refractivity (Wildman–Crippen MR) is 69.2 cm³/mol. The molecule has 4 heteroatoms. The first-order valence-electron chi connectivity index (χ1n) is 6.72. The van der Waals surface area contributed by atoms with Gasteiger partial charge in [-0.2, -0.15) is 0 Å². The van der Waals surface area contributed by atoms with Crippen LogP contribution in [0, 0.1) is 0 Å². The number of rotatable bonds is 1. The molecule has 0 unspecified atom stereocenters. The van der Waals surface area contributed by atoms with Crippen LogP contribution >= 0.6 is 0 Å². The van der Waals surface area contributed by atoms with Crippen LogP contribution in [-0.4, -0.2) is 19.1 Å². The third-order valence-corrected chi connectivity index (χ3v) is 4.12. The number of hydrogen-bond donors (Lipinski definition) is 1. The maximum atomic E-state index is 12.1. The molecule has 0 spiro atoms. The lowest BCUT2D eigenvalue weighted by Gasteiger charge is -2.17. The number of hydrogen-bond acceptors (Lipinski definition) is 4. The van der Waals surface area contributed by atoms with E-state index in [-0.39, 0.29) is 12.7 Å². The van der Waals surface area contributed by atoms with Gasteiger partial charge in [0.2, 0.25) is 6.79 Å². The molecule has 2 heterocycles. The predicted octanol–water partition coefficient (Wildman–Crippen LogP) is 2.11. The first-order valence-corrected chi connectivity index (χ1v) is 6.72. The Morgan fingerprint density at radius 3 is 3.00 bits per heavy atom. The highest BCUT2D eigenvalue weighted by molar-refractivity contribution is 5.99. The Morgan fingerprint density at radius 1 is 1.16 bits per heavy atom. The van der Waals surface area contributed by atoms with Crippen molar-refractivity contribution in [3.63, 3.8) is 0 Å². The molecule has 2 aliphatic heterocycles. The van der Waals surface area contributed by atoms with Crippen molar-refractivity contribution in [2.75, 3.05) is 13.3 Å². The van der Waals surface area contributed by atoms with Gasteiger partial charge in [0.25, 0.3) is 0 Å². The van der Waals surface area contributed by atoms with Crippen molar-refractivity contribution in [2.45, 2.75) is 25.2 Å². The smallest absolute Gasteiger partial charge is 0.231 e. The van der Waals surface area contributed by atoms with Crippen LogP contribution < -0.4 is 14.8 Å². The van der Waals surface area contributed by atoms with E-state index in [1.165, 1.54) is 0 Å². The summed E-state index contributed by atoms with van der Waals surface area (Å²) in [6, 6.07) is 5.98. The third kappa shape index (κ3) is 1.63. The average molecular weight is 257 g/mol. The van der Waals surface area contributed by atoms with Crippen LogP contribution in [0.25, 0.3) is 0 Å². The van der Waals surface area contributed by atoms with Crippen LogP contribution in [-0.2, 0) is 4.79 Å². The molecule has 4 rings (SSSR count). The van der Waals surface area contributed by atoms with Gasteiger partial charge in [-0.3, -0.25) is 4.79 Å². The van der Waals surface area contributed by atoms with E-state index in [1.807, 2.05) is 18.2 Å². The molecule has 0 saturated heterocycles. The summed E-state index contributed by atoms with van der Waals surface area (Å²) in [5.74, 6) is 2.04. The molecular weight excluding hydrogens is 242 g/mol. The quantitative estimate of drug-likeness (QED) is 0.837. The molecule has 1 N–H and O–H groups in total. The fourth-order valence-electron chi connectivity index (χ4n) is 3.19. The normalized spacial score (nSPS) is 24.4. The Morgan fingerprint density at radius 2 is 2.05 bits per heavy atom. The van der Waals surface area contributed by atoms with Crippen molar-refractivity contribution >= 4 is 5.78 Å². The number of ether oxygens (including phenoxy) is 2. The Kier molecular flexibility index (Phi) is 2.31. The Bertz CT molecular complexity index is 591. The van der Waals surface area contributed by atoms with Crippen molar-refractivity contribution in [2.24, 2.45) is 0 Å². The van der Waals surface area contributed by atoms with E-state index in [0.717, 1.165) is 47.7 Å². The Labute approximate surface area is 111 Å². The van der Waals surface area contributed by atoms with Crippen LogP contribution in [0.2, 0.25) is 0 Å². The lowest BCUT2D eigenvalue weighted by Crippen LogP contribution is -2.14. The molecule has 0 radical (unpaired) electrons. The van der Waals surface area contributed by atoms with E-state index in [2.05, 4.69) is 5.32 Å². The van der Waals surface area contributed by atoms with E-state index in [1.54, 1.807) is 0 Å². The molecule has 0 aromatic heterocycles. The average Bonchev–Trinajstić information content (AvgIpc) is 3.04. The monoisotopic (exact) mass is 257 g/mol. The van der Waals surface area contributed by atoms with Crippen molar-refractivity contribution < 1.29 is 14.3 Å². The van der Waals surface area contributed by atoms with Gasteiger partial charge in [-0.1, -0.05) is 6.07 Å². The number of carbonyl (C=O) groups is 1. The van der Waals surface area contributed by atoms with Crippen LogP contribution in [0.3, 0.4) is 0 Å². The van der Waals surface area contributed by atoms with Crippen LogP contribution in [0.1, 0.15) is 30.7 Å². The Balaban J connectivity index is 1.73. The summed E-state index contributed by atoms with van der Waals surface area (Å²) in [6.07, 6.45) is 2.65. The summed E-state index contributed by atoms with van der Waals surface area (Å²) in [5.41, 5.74) is 3.28. The first kappa shape index (κ1) is 10.9. The van der Waals surface area contributed by atoms with E-state index in [4.69, 9.17) is 9.47 Å². The molecule has 1 atom stereocenters. The van der Waals surface area contributed by atoms with Crippen molar-refractivity contribution in [1.82, 2.24) is 5.32 Å². The minimum absolute atomic E-state index is 0.164. The summed E-state index contributed by atoms with van der Waals surface area (Å²) >= 11 is 0. The number of benzene rings is 1. The maximum absolute atomic E-state index is 12.1. The molecule has 0 amide bonds. The zero-order valence-electron chi connectivity index (χ0n) is 10.6. The van der Waals surface area contributed by atoms with Crippen molar-refractivity contribution in [1.29, 1.82) is 0 Å². The van der Waals surface area contributed by atoms with Gasteiger partial charge in [0, 0.05) is 30.2 Å². The number of allylic oxidation sites excluding steroid dienone is 1. The van der Waals surface area contributed by atoms with Crippen LogP contribution in [0.4, 0.5) is 0 Å². The third-order valence-electron chi connectivity index (χ3n) is 4.12. The fraction of sp³-hybridized carbons (Fsp3) is 0.400. The lowest BCUT2D eigenvalue weighted by atomic mass is 9.85. The second kappa shape index (κ2) is 4.02. The van der Waals surface area contributed by atoms with Gasteiger partial charge in [-0.15, -0.1) is 0 Å². The SMILES string of the molecule is O=C1CCCC2=C1[C@H](c1ccc3c(c1)OCO3)CN2. The molecule has 3 aliphatic rings. The topological polar surface area (TPSA) is 47.6 Å². The van der Waals surface area contributed by atoms with Gasteiger partial charge in [-0.25, -0.2) is 0 Å². The standard InChI is InChI=1S/C15H15NO3/c17-12-3-1-2-11-15(12)10(7-16-11)9-4-5-13-14(6-9)19-8-18-13/h4-6,10,16H,1-3,7-8H2/t10-/m0/s1. The maximum Gasteiger partial charge on any atom is 0.231 e. The van der Waals surface area contributed by atoms with E-state index in [9.17, 15) is 4.79 Å². The van der Waals surface area contributed by atoms with Gasteiger partial charge in [-0.05, 0) is 30.5 Å². The number of fused-ring (bicyclic) bond motifs is 1. The summed E-state index contributed by atoms with van der Waals surface area (Å²) in [4.78, 5) is 12.1. The summed E-state index contributed by atoms with van der Waals surface area (Å²) in [7, 11) is 0. The molecule has 0 bridgehead atoms. The minimum Gasteiger partial charge on any atom is -0.454 e. The first-order chi connectivity index (χ1) is 9.33. The Hall–Kier alpha value is -1.97. The molecule has 0 fully saturated rings. The molecule has 98 valence electrons. The molecule has 1 aromatic carbocycles. The summed E-state index contributed by atoms with van der Waals surface area (Å²) < 4.78 is 10.7. The summed E-state index contributed by atoms with van der Waals surface area (Å²) in [6.45, 7) is 1.10. The van der Waals surface area contributed by atoms with Gasteiger partial charge >= 0.3 is 0 Å². The van der Waals surface area contributed by atoms with E-state index >= 15 is 0 Å². The fourth-order valence-corrected chi connectivity index (χ4v) is 3.19. The van der Waals surface area contributed by atoms with E-state index < -0.39 is 0 Å². The van der Waals surface area contributed by atoms with Gasteiger partial charge < -0.3 is 14.8 Å². The van der Waals surface area contributed by atoms with Crippen LogP contribution in [0.5, 0.6) is 11.5 Å². The van der Waals surface area contributed by atoms with E-state index in [0.29, 0.717) is 12.2 Å². The lowest BCUT2D eigenvalue weighted by molar-refractivity contribution is -0.116. The molecular formula is C15H15NO3. The number of carbonyl (C=O) groups excluding carboxylic acids is 1. The molecule has 19 heavy (non-hydrogen) atoms. The second-order valence-electron chi connectivity index (χ2n) is 5.22. The van der Waals surface area contributed by atoms with Gasteiger partial charge in [0.05, 0.1) is 0 Å². The number of ketones is 1. The van der Waals surface area contributed by atoms with Gasteiger partial charge in [0.15, 0.2) is 17.3 Å². The van der Waals surface area contributed by atoms with Crippen LogP contribution in [0.15, 0.2) is 29.5 Å². The number of nitrogens with one attached hydrogen (secondary N) is 1. The summed E-state index contributed by atoms with van der Waals surface area (Å²) in [5, 5.41) is 3.39. The van der Waals surface area contributed by atoms with Gasteiger partial charge in [0.1, 0.15) is 0 Å². The highest BCUT2D eigenvalue weighted by Crippen LogP contribution is 2.40. The second-order valence-corrected chi connectivity index (χ2v) is 5.22. The highest BCUT2D eigenvalue weighted by atomic mass is 16.7. The molecule has 1 aromatic rings. The number of Topliss-reactive ketones (excluding diaryl/α,β-unsaturated/α-hetero) is 1. The largest absolute Gasteiger partial charge is 0.454 e. The molecule has 1 aliphatic carbocycles. The molecule has 0 saturated carbocycles.